The van der Waals surface area contributed by atoms with Crippen molar-refractivity contribution in [2.75, 3.05) is 11.1 Å². The summed E-state index contributed by atoms with van der Waals surface area (Å²) in [5.41, 5.74) is 1.13. The van der Waals surface area contributed by atoms with Crippen molar-refractivity contribution in [2.24, 2.45) is 0 Å². The van der Waals surface area contributed by atoms with Gasteiger partial charge >= 0.3 is 6.61 Å². The molecule has 0 bridgehead atoms. The molecule has 0 saturated carbocycles. The second kappa shape index (κ2) is 9.32. The van der Waals surface area contributed by atoms with Crippen molar-refractivity contribution in [3.63, 3.8) is 0 Å². The topological polar surface area (TPSA) is 69.0 Å². The van der Waals surface area contributed by atoms with Gasteiger partial charge in [0.15, 0.2) is 11.0 Å². The van der Waals surface area contributed by atoms with E-state index in [9.17, 15) is 13.6 Å². The fourth-order valence-electron chi connectivity index (χ4n) is 2.57. The lowest BCUT2D eigenvalue weighted by Crippen LogP contribution is -2.16. The number of aromatic nitrogens is 3. The van der Waals surface area contributed by atoms with E-state index in [4.69, 9.17) is 0 Å². The van der Waals surface area contributed by atoms with Crippen LogP contribution < -0.4 is 10.1 Å². The lowest BCUT2D eigenvalue weighted by Gasteiger charge is -2.11. The number of ether oxygens (including phenoxy) is 1. The number of hydrogen-bond donors (Lipinski definition) is 1. The molecule has 1 amide bonds. The largest absolute Gasteiger partial charge is 0.433 e. The molecule has 1 aromatic heterocycles. The fourth-order valence-corrected chi connectivity index (χ4v) is 3.37. The van der Waals surface area contributed by atoms with Gasteiger partial charge in [0.1, 0.15) is 5.75 Å². The summed E-state index contributed by atoms with van der Waals surface area (Å²) >= 11 is 1.22. The highest BCUT2D eigenvalue weighted by Crippen LogP contribution is 2.27. The predicted octanol–water partition coefficient (Wildman–Crippen LogP) is 4.30. The van der Waals surface area contributed by atoms with Gasteiger partial charge in [0.25, 0.3) is 0 Å². The molecule has 0 spiro atoms. The molecule has 2 aromatic carbocycles. The minimum Gasteiger partial charge on any atom is -0.433 e. The van der Waals surface area contributed by atoms with Gasteiger partial charge in [-0.2, -0.15) is 8.78 Å². The first-order valence-electron chi connectivity index (χ1n) is 8.53. The van der Waals surface area contributed by atoms with Gasteiger partial charge in [-0.25, -0.2) is 0 Å². The monoisotopic (exact) mass is 404 g/mol. The number of anilines is 1. The van der Waals surface area contributed by atoms with Gasteiger partial charge in [-0.15, -0.1) is 10.2 Å². The summed E-state index contributed by atoms with van der Waals surface area (Å²) < 4.78 is 31.3. The summed E-state index contributed by atoms with van der Waals surface area (Å²) in [5, 5.41) is 11.6. The molecule has 0 aliphatic carbocycles. The number of hydrogen-bond acceptors (Lipinski definition) is 5. The smallest absolute Gasteiger partial charge is 0.387 e. The van der Waals surface area contributed by atoms with E-state index in [0.29, 0.717) is 11.7 Å². The molecule has 0 atom stereocenters. The van der Waals surface area contributed by atoms with Crippen molar-refractivity contribution in [3.8, 4) is 17.1 Å². The van der Waals surface area contributed by atoms with E-state index in [0.717, 1.165) is 11.4 Å². The second-order valence-electron chi connectivity index (χ2n) is 5.63. The number of para-hydroxylation sites is 2. The van der Waals surface area contributed by atoms with E-state index in [-0.39, 0.29) is 23.1 Å². The molecular weight excluding hydrogens is 386 g/mol. The summed E-state index contributed by atoms with van der Waals surface area (Å²) in [6, 6.07) is 15.7. The van der Waals surface area contributed by atoms with Gasteiger partial charge in [0, 0.05) is 12.1 Å². The Kier molecular flexibility index (Phi) is 6.59. The third-order valence-electron chi connectivity index (χ3n) is 3.77. The zero-order valence-electron chi connectivity index (χ0n) is 15.0. The maximum absolute atomic E-state index is 12.5. The second-order valence-corrected chi connectivity index (χ2v) is 6.57. The van der Waals surface area contributed by atoms with Crippen molar-refractivity contribution in [2.45, 2.75) is 25.2 Å². The van der Waals surface area contributed by atoms with Crippen LogP contribution in [0.4, 0.5) is 14.5 Å². The van der Waals surface area contributed by atoms with E-state index in [1.807, 2.05) is 41.8 Å². The standard InChI is InChI=1S/C19H18F2N4O2S/c1-2-25-17(13-8-4-3-5-9-13)23-24-19(25)28-12-16(26)22-14-10-6-7-11-15(14)27-18(20)21/h3-11,18H,2,12H2,1H3,(H,22,26). The van der Waals surface area contributed by atoms with Crippen LogP contribution in [-0.4, -0.2) is 33.0 Å². The number of rotatable bonds is 8. The number of halogens is 2. The van der Waals surface area contributed by atoms with Crippen LogP contribution in [-0.2, 0) is 11.3 Å². The quantitative estimate of drug-likeness (QED) is 0.567. The van der Waals surface area contributed by atoms with E-state index in [1.165, 1.54) is 23.9 Å². The number of nitrogens with one attached hydrogen (secondary N) is 1. The van der Waals surface area contributed by atoms with Gasteiger partial charge in [-0.05, 0) is 19.1 Å². The molecule has 3 aromatic rings. The first kappa shape index (κ1) is 19.8. The van der Waals surface area contributed by atoms with Gasteiger partial charge in [-0.1, -0.05) is 54.2 Å². The molecule has 0 aliphatic heterocycles. The lowest BCUT2D eigenvalue weighted by molar-refractivity contribution is -0.113. The molecule has 6 nitrogen and oxygen atoms in total. The van der Waals surface area contributed by atoms with Crippen LogP contribution in [0.15, 0.2) is 59.8 Å². The van der Waals surface area contributed by atoms with Gasteiger partial charge in [0.2, 0.25) is 5.91 Å². The Balaban J connectivity index is 1.67. The van der Waals surface area contributed by atoms with E-state index in [1.54, 1.807) is 12.1 Å². The molecule has 0 unspecified atom stereocenters. The van der Waals surface area contributed by atoms with Gasteiger partial charge in [-0.3, -0.25) is 4.79 Å². The van der Waals surface area contributed by atoms with Gasteiger partial charge in [0.05, 0.1) is 11.4 Å². The van der Waals surface area contributed by atoms with E-state index in [2.05, 4.69) is 20.3 Å². The highest BCUT2D eigenvalue weighted by molar-refractivity contribution is 7.99. The predicted molar refractivity (Wildman–Crippen MR) is 104 cm³/mol. The summed E-state index contributed by atoms with van der Waals surface area (Å²) in [6.07, 6.45) is 0. The van der Waals surface area contributed by atoms with Crippen LogP contribution in [0.2, 0.25) is 0 Å². The number of benzene rings is 2. The molecule has 0 aliphatic rings. The number of amides is 1. The first-order chi connectivity index (χ1) is 13.6. The Labute approximate surface area is 164 Å². The van der Waals surface area contributed by atoms with Crippen molar-refractivity contribution in [3.05, 3.63) is 54.6 Å². The molecule has 0 fully saturated rings. The molecule has 1 heterocycles. The molecule has 146 valence electrons. The van der Waals surface area contributed by atoms with Crippen molar-refractivity contribution >= 4 is 23.4 Å². The molecule has 28 heavy (non-hydrogen) atoms. The summed E-state index contributed by atoms with van der Waals surface area (Å²) in [4.78, 5) is 12.3. The van der Waals surface area contributed by atoms with E-state index < -0.39 is 6.61 Å². The highest BCUT2D eigenvalue weighted by atomic mass is 32.2. The zero-order valence-corrected chi connectivity index (χ0v) is 15.8. The van der Waals surface area contributed by atoms with Crippen LogP contribution in [0.3, 0.4) is 0 Å². The lowest BCUT2D eigenvalue weighted by atomic mass is 10.2. The number of carbonyl (C=O) groups is 1. The summed E-state index contributed by atoms with van der Waals surface area (Å²) in [7, 11) is 0. The Bertz CT molecular complexity index is 935. The van der Waals surface area contributed by atoms with Gasteiger partial charge < -0.3 is 14.6 Å². The molecule has 9 heteroatoms. The maximum Gasteiger partial charge on any atom is 0.387 e. The number of thioether (sulfide) groups is 1. The highest BCUT2D eigenvalue weighted by Gasteiger charge is 2.16. The molecule has 0 radical (unpaired) electrons. The first-order valence-corrected chi connectivity index (χ1v) is 9.52. The average Bonchev–Trinajstić information content (AvgIpc) is 3.11. The summed E-state index contributed by atoms with van der Waals surface area (Å²) in [6.45, 7) is -0.351. The van der Waals surface area contributed by atoms with Crippen LogP contribution in [0.1, 0.15) is 6.92 Å². The van der Waals surface area contributed by atoms with Crippen LogP contribution in [0, 0.1) is 0 Å². The normalized spacial score (nSPS) is 10.9. The Morgan fingerprint density at radius 2 is 1.86 bits per heavy atom. The minimum atomic E-state index is -2.97. The Morgan fingerprint density at radius 3 is 2.57 bits per heavy atom. The average molecular weight is 404 g/mol. The van der Waals surface area contributed by atoms with Crippen LogP contribution in [0.5, 0.6) is 5.75 Å². The molecule has 1 N–H and O–H groups in total. The van der Waals surface area contributed by atoms with Crippen molar-refractivity contribution in [1.29, 1.82) is 0 Å². The molecule has 3 rings (SSSR count). The molecule has 0 saturated heterocycles. The fraction of sp³-hybridized carbons (Fsp3) is 0.211. The minimum absolute atomic E-state index is 0.0515. The third kappa shape index (κ3) is 4.86. The summed E-state index contributed by atoms with van der Waals surface area (Å²) in [5.74, 6) is 0.332. The maximum atomic E-state index is 12.5. The number of alkyl halides is 2. The van der Waals surface area contributed by atoms with Crippen LogP contribution in [0.25, 0.3) is 11.4 Å². The Morgan fingerprint density at radius 1 is 1.14 bits per heavy atom. The van der Waals surface area contributed by atoms with E-state index >= 15 is 0 Å². The molecular formula is C19H18F2N4O2S. The Hall–Kier alpha value is -2.94. The van der Waals surface area contributed by atoms with Crippen molar-refractivity contribution in [1.82, 2.24) is 14.8 Å². The zero-order chi connectivity index (χ0) is 19.9. The number of nitrogens with zero attached hydrogens (tertiary/aromatic N) is 3. The third-order valence-corrected chi connectivity index (χ3v) is 4.74. The van der Waals surface area contributed by atoms with Crippen molar-refractivity contribution < 1.29 is 18.3 Å². The van der Waals surface area contributed by atoms with Crippen LogP contribution >= 0.6 is 11.8 Å². The number of carbonyl (C=O) groups excluding carboxylic acids is 1. The SMILES string of the molecule is CCn1c(SCC(=O)Nc2ccccc2OC(F)F)nnc1-c1ccccc1.